The number of carbonyl (C=O) groups is 1. The van der Waals surface area contributed by atoms with E-state index in [9.17, 15) is 22.0 Å². The number of primary sulfonamides is 1. The van der Waals surface area contributed by atoms with Crippen molar-refractivity contribution in [3.8, 4) is 5.75 Å². The first-order valence-corrected chi connectivity index (χ1v) is 6.83. The summed E-state index contributed by atoms with van der Waals surface area (Å²) >= 11 is 0. The summed E-state index contributed by atoms with van der Waals surface area (Å²) in [6.45, 7) is -3.28. The van der Waals surface area contributed by atoms with Gasteiger partial charge in [-0.2, -0.15) is 8.78 Å². The summed E-state index contributed by atoms with van der Waals surface area (Å²) in [4.78, 5) is 11.7. The van der Waals surface area contributed by atoms with Crippen LogP contribution in [0.2, 0.25) is 0 Å². The number of para-hydroxylation sites is 1. The molecular weight excluding hydrogens is 282 g/mol. The molecule has 3 N–H and O–H groups in total. The van der Waals surface area contributed by atoms with E-state index >= 15 is 0 Å². The molecule has 0 saturated carbocycles. The second-order valence-electron chi connectivity index (χ2n) is 3.50. The average molecular weight is 294 g/mol. The molecule has 0 unspecified atom stereocenters. The van der Waals surface area contributed by atoms with Gasteiger partial charge in [-0.05, 0) is 12.1 Å². The van der Waals surface area contributed by atoms with E-state index in [1.165, 1.54) is 24.3 Å². The maximum atomic E-state index is 12.1. The summed E-state index contributed by atoms with van der Waals surface area (Å²) in [6.07, 6.45) is 0. The number of rotatable bonds is 6. The van der Waals surface area contributed by atoms with E-state index in [2.05, 4.69) is 10.1 Å². The van der Waals surface area contributed by atoms with Crippen molar-refractivity contribution < 1.29 is 26.7 Å². The van der Waals surface area contributed by atoms with Crippen LogP contribution in [0.4, 0.5) is 8.78 Å². The number of carbonyl (C=O) groups excluding carboxylic acids is 1. The second kappa shape index (κ2) is 6.43. The lowest BCUT2D eigenvalue weighted by Gasteiger charge is -2.10. The summed E-state index contributed by atoms with van der Waals surface area (Å²) < 4.78 is 49.8. The van der Waals surface area contributed by atoms with E-state index in [4.69, 9.17) is 5.14 Å². The highest BCUT2D eigenvalue weighted by molar-refractivity contribution is 7.89. The maximum Gasteiger partial charge on any atom is 0.387 e. The van der Waals surface area contributed by atoms with Crippen molar-refractivity contribution in [3.05, 3.63) is 29.8 Å². The fourth-order valence-electron chi connectivity index (χ4n) is 1.26. The fourth-order valence-corrected chi connectivity index (χ4v) is 1.64. The zero-order chi connectivity index (χ0) is 14.5. The number of halogens is 2. The summed E-state index contributed by atoms with van der Waals surface area (Å²) in [7, 11) is -3.70. The molecular formula is C10H12F2N2O4S. The first-order valence-electron chi connectivity index (χ1n) is 5.12. The number of benzene rings is 1. The van der Waals surface area contributed by atoms with E-state index in [0.717, 1.165) is 0 Å². The van der Waals surface area contributed by atoms with Crippen LogP contribution in [0.1, 0.15) is 10.4 Å². The Balaban J connectivity index is 2.71. The minimum Gasteiger partial charge on any atom is -0.434 e. The zero-order valence-electron chi connectivity index (χ0n) is 9.68. The summed E-state index contributed by atoms with van der Waals surface area (Å²) in [5, 5.41) is 7.00. The summed E-state index contributed by atoms with van der Waals surface area (Å²) in [6, 6.07) is 5.39. The molecule has 6 nitrogen and oxygen atoms in total. The SMILES string of the molecule is NS(=O)(=O)CCNC(=O)c1ccccc1OC(F)F. The Morgan fingerprint density at radius 2 is 2.00 bits per heavy atom. The Hall–Kier alpha value is -1.74. The second-order valence-corrected chi connectivity index (χ2v) is 5.23. The van der Waals surface area contributed by atoms with Gasteiger partial charge in [-0.15, -0.1) is 0 Å². The minimum absolute atomic E-state index is 0.114. The number of hydrogen-bond acceptors (Lipinski definition) is 4. The monoisotopic (exact) mass is 294 g/mol. The van der Waals surface area contributed by atoms with Gasteiger partial charge in [0.25, 0.3) is 5.91 Å². The standard InChI is InChI=1S/C10H12F2N2O4S/c11-10(12)18-8-4-2-1-3-7(8)9(15)14-5-6-19(13,16)17/h1-4,10H,5-6H2,(H,14,15)(H2,13,16,17). The lowest BCUT2D eigenvalue weighted by atomic mass is 10.2. The maximum absolute atomic E-state index is 12.1. The topological polar surface area (TPSA) is 98.5 Å². The van der Waals surface area contributed by atoms with Gasteiger partial charge in [0, 0.05) is 6.54 Å². The molecule has 1 amide bonds. The van der Waals surface area contributed by atoms with Gasteiger partial charge in [0.2, 0.25) is 10.0 Å². The highest BCUT2D eigenvalue weighted by Gasteiger charge is 2.15. The predicted molar refractivity (Wildman–Crippen MR) is 63.4 cm³/mol. The Kier molecular flexibility index (Phi) is 5.19. The van der Waals surface area contributed by atoms with Crippen molar-refractivity contribution >= 4 is 15.9 Å². The molecule has 19 heavy (non-hydrogen) atoms. The lowest BCUT2D eigenvalue weighted by molar-refractivity contribution is -0.0501. The van der Waals surface area contributed by atoms with E-state index in [1.54, 1.807) is 0 Å². The zero-order valence-corrected chi connectivity index (χ0v) is 10.5. The number of nitrogens with one attached hydrogen (secondary N) is 1. The number of nitrogens with two attached hydrogens (primary N) is 1. The van der Waals surface area contributed by atoms with Gasteiger partial charge >= 0.3 is 6.61 Å². The quantitative estimate of drug-likeness (QED) is 0.788. The number of alkyl halides is 2. The van der Waals surface area contributed by atoms with Crippen LogP contribution in [0.3, 0.4) is 0 Å². The Morgan fingerprint density at radius 3 is 2.58 bits per heavy atom. The van der Waals surface area contributed by atoms with Crippen molar-refractivity contribution in [3.63, 3.8) is 0 Å². The molecule has 1 aromatic rings. The summed E-state index contributed by atoms with van der Waals surface area (Å²) in [5.74, 6) is -1.46. The third-order valence-electron chi connectivity index (χ3n) is 2.02. The first kappa shape index (κ1) is 15.3. The molecule has 0 fully saturated rings. The van der Waals surface area contributed by atoms with Crippen LogP contribution in [-0.4, -0.2) is 33.2 Å². The van der Waals surface area contributed by atoms with E-state index in [1.807, 2.05) is 0 Å². The van der Waals surface area contributed by atoms with Crippen LogP contribution in [-0.2, 0) is 10.0 Å². The molecule has 1 aromatic carbocycles. The van der Waals surface area contributed by atoms with Gasteiger partial charge in [-0.3, -0.25) is 4.79 Å². The van der Waals surface area contributed by atoms with Crippen molar-refractivity contribution in [2.75, 3.05) is 12.3 Å². The van der Waals surface area contributed by atoms with Gasteiger partial charge in [0.05, 0.1) is 11.3 Å². The number of ether oxygens (including phenoxy) is 1. The molecule has 0 spiro atoms. The third kappa shape index (κ3) is 5.62. The smallest absolute Gasteiger partial charge is 0.387 e. The minimum atomic E-state index is -3.70. The number of amides is 1. The van der Waals surface area contributed by atoms with Gasteiger partial charge in [0.1, 0.15) is 5.75 Å². The van der Waals surface area contributed by atoms with Gasteiger partial charge in [-0.1, -0.05) is 12.1 Å². The highest BCUT2D eigenvalue weighted by atomic mass is 32.2. The van der Waals surface area contributed by atoms with Crippen LogP contribution < -0.4 is 15.2 Å². The Bertz CT molecular complexity index is 548. The first-order chi connectivity index (χ1) is 8.79. The number of sulfonamides is 1. The third-order valence-corrected chi connectivity index (χ3v) is 2.79. The van der Waals surface area contributed by atoms with Gasteiger partial charge in [0.15, 0.2) is 0 Å². The molecule has 0 bridgehead atoms. The number of hydrogen-bond donors (Lipinski definition) is 2. The van der Waals surface area contributed by atoms with Gasteiger partial charge < -0.3 is 10.1 Å². The normalized spacial score (nSPS) is 11.4. The van der Waals surface area contributed by atoms with Crippen molar-refractivity contribution in [2.45, 2.75) is 6.61 Å². The molecule has 1 rings (SSSR count). The lowest BCUT2D eigenvalue weighted by Crippen LogP contribution is -2.31. The largest absolute Gasteiger partial charge is 0.434 e. The molecule has 9 heteroatoms. The highest BCUT2D eigenvalue weighted by Crippen LogP contribution is 2.19. The van der Waals surface area contributed by atoms with Crippen LogP contribution in [0, 0.1) is 0 Å². The molecule has 0 aromatic heterocycles. The molecule has 0 radical (unpaired) electrons. The predicted octanol–water partition coefficient (Wildman–Crippen LogP) is 0.306. The molecule has 0 saturated heterocycles. The van der Waals surface area contributed by atoms with E-state index in [0.29, 0.717) is 0 Å². The van der Waals surface area contributed by atoms with E-state index < -0.39 is 28.3 Å². The Labute approximate surface area is 108 Å². The van der Waals surface area contributed by atoms with Crippen LogP contribution in [0.25, 0.3) is 0 Å². The average Bonchev–Trinajstić information content (AvgIpc) is 2.27. The molecule has 106 valence electrons. The van der Waals surface area contributed by atoms with Crippen molar-refractivity contribution in [2.24, 2.45) is 5.14 Å². The van der Waals surface area contributed by atoms with Crippen LogP contribution in [0.15, 0.2) is 24.3 Å². The van der Waals surface area contributed by atoms with Gasteiger partial charge in [-0.25, -0.2) is 13.6 Å². The molecule has 0 heterocycles. The molecule has 0 aliphatic carbocycles. The fraction of sp³-hybridized carbons (Fsp3) is 0.300. The molecule has 0 atom stereocenters. The van der Waals surface area contributed by atoms with E-state index in [-0.39, 0.29) is 17.9 Å². The van der Waals surface area contributed by atoms with Crippen LogP contribution in [0.5, 0.6) is 5.75 Å². The Morgan fingerprint density at radius 1 is 1.37 bits per heavy atom. The molecule has 0 aliphatic rings. The summed E-state index contributed by atoms with van der Waals surface area (Å²) in [5.41, 5.74) is -0.114. The molecule has 0 aliphatic heterocycles. The van der Waals surface area contributed by atoms with Crippen molar-refractivity contribution in [1.82, 2.24) is 5.32 Å². The van der Waals surface area contributed by atoms with Crippen LogP contribution >= 0.6 is 0 Å². The van der Waals surface area contributed by atoms with Crippen molar-refractivity contribution in [1.29, 1.82) is 0 Å².